The minimum atomic E-state index is -3.36. The molecule has 16 heavy (non-hydrogen) atoms. The van der Waals surface area contributed by atoms with Crippen LogP contribution in [0, 0.1) is 5.92 Å². The predicted octanol–water partition coefficient (Wildman–Crippen LogP) is 3.22. The van der Waals surface area contributed by atoms with Crippen LogP contribution in [0.25, 0.3) is 0 Å². The molecule has 1 aromatic rings. The lowest BCUT2D eigenvalue weighted by molar-refractivity contribution is 0.434. The first kappa shape index (κ1) is 14.2. The Kier molecular flexibility index (Phi) is 4.97. The molecule has 0 fully saturated rings. The second-order valence-electron chi connectivity index (χ2n) is 3.85. The number of halogens is 1. The zero-order valence-electron chi connectivity index (χ0n) is 9.53. The van der Waals surface area contributed by atoms with Gasteiger partial charge >= 0.3 is 0 Å². The van der Waals surface area contributed by atoms with Crippen LogP contribution in [0.3, 0.4) is 0 Å². The largest absolute Gasteiger partial charge is 0.250 e. The van der Waals surface area contributed by atoms with Crippen LogP contribution in [0.2, 0.25) is 0 Å². The van der Waals surface area contributed by atoms with E-state index in [1.54, 1.807) is 12.1 Å². The smallest absolute Gasteiger partial charge is 0.207 e. The summed E-state index contributed by atoms with van der Waals surface area (Å²) in [6, 6.07) is 3.31. The summed E-state index contributed by atoms with van der Waals surface area (Å²) < 4.78 is 27.8. The van der Waals surface area contributed by atoms with Gasteiger partial charge in [0, 0.05) is 6.04 Å². The molecule has 92 valence electrons. The van der Waals surface area contributed by atoms with E-state index in [0.717, 1.165) is 10.2 Å². The Morgan fingerprint density at radius 1 is 1.44 bits per heavy atom. The van der Waals surface area contributed by atoms with Crippen LogP contribution in [0.15, 0.2) is 20.1 Å². The van der Waals surface area contributed by atoms with Gasteiger partial charge in [-0.3, -0.25) is 0 Å². The van der Waals surface area contributed by atoms with Gasteiger partial charge in [-0.1, -0.05) is 20.3 Å². The van der Waals surface area contributed by atoms with Gasteiger partial charge in [0.25, 0.3) is 0 Å². The fraction of sp³-hybridized carbons (Fsp3) is 0.600. The van der Waals surface area contributed by atoms with Crippen molar-refractivity contribution in [2.75, 3.05) is 0 Å². The summed E-state index contributed by atoms with van der Waals surface area (Å²) >= 11 is 4.48. The van der Waals surface area contributed by atoms with Gasteiger partial charge in [-0.25, -0.2) is 13.1 Å². The van der Waals surface area contributed by atoms with E-state index in [0.29, 0.717) is 10.1 Å². The quantitative estimate of drug-likeness (QED) is 0.903. The fourth-order valence-electron chi connectivity index (χ4n) is 1.21. The molecule has 1 N–H and O–H groups in total. The maximum absolute atomic E-state index is 12.0. The lowest BCUT2D eigenvalue weighted by Crippen LogP contribution is -2.36. The molecule has 0 spiro atoms. The summed E-state index contributed by atoms with van der Waals surface area (Å²) in [6.07, 6.45) is 0.956. The fourth-order valence-corrected chi connectivity index (χ4v) is 4.59. The molecule has 0 aliphatic heterocycles. The molecule has 6 heteroatoms. The van der Waals surface area contributed by atoms with Crippen molar-refractivity contribution < 1.29 is 8.42 Å². The number of hydrogen-bond donors (Lipinski definition) is 1. The predicted molar refractivity (Wildman–Crippen MR) is 71.3 cm³/mol. The van der Waals surface area contributed by atoms with E-state index in [4.69, 9.17) is 0 Å². The number of nitrogens with one attached hydrogen (secondary N) is 1. The van der Waals surface area contributed by atoms with Gasteiger partial charge in [0.1, 0.15) is 4.21 Å². The monoisotopic (exact) mass is 325 g/mol. The molecule has 0 amide bonds. The summed E-state index contributed by atoms with van der Waals surface area (Å²) in [5.74, 6) is 0.332. The van der Waals surface area contributed by atoms with Crippen molar-refractivity contribution in [3.63, 3.8) is 0 Å². The van der Waals surface area contributed by atoms with E-state index in [9.17, 15) is 8.42 Å². The zero-order chi connectivity index (χ0) is 12.3. The van der Waals surface area contributed by atoms with Gasteiger partial charge in [0.15, 0.2) is 0 Å². The molecule has 2 atom stereocenters. The third-order valence-electron chi connectivity index (χ3n) is 2.65. The van der Waals surface area contributed by atoms with E-state index in [1.807, 2.05) is 13.8 Å². The van der Waals surface area contributed by atoms with Crippen molar-refractivity contribution in [2.24, 2.45) is 5.92 Å². The number of hydrogen-bond acceptors (Lipinski definition) is 3. The molecular weight excluding hydrogens is 310 g/mol. The third-order valence-corrected chi connectivity index (χ3v) is 6.33. The van der Waals surface area contributed by atoms with Crippen LogP contribution in [-0.4, -0.2) is 14.5 Å². The van der Waals surface area contributed by atoms with Gasteiger partial charge in [0.05, 0.1) is 3.79 Å². The molecule has 0 bridgehead atoms. The molecule has 1 rings (SSSR count). The highest BCUT2D eigenvalue weighted by Crippen LogP contribution is 2.26. The highest BCUT2D eigenvalue weighted by molar-refractivity contribution is 9.11. The van der Waals surface area contributed by atoms with E-state index in [-0.39, 0.29) is 6.04 Å². The summed E-state index contributed by atoms with van der Waals surface area (Å²) in [4.78, 5) is 0. The molecule has 1 heterocycles. The first-order chi connectivity index (χ1) is 7.36. The topological polar surface area (TPSA) is 46.2 Å². The summed E-state index contributed by atoms with van der Waals surface area (Å²) in [5.41, 5.74) is 0. The summed E-state index contributed by atoms with van der Waals surface area (Å²) in [5, 5.41) is 0. The Morgan fingerprint density at radius 3 is 2.50 bits per heavy atom. The van der Waals surface area contributed by atoms with Crippen molar-refractivity contribution in [2.45, 2.75) is 37.4 Å². The van der Waals surface area contributed by atoms with Crippen LogP contribution in [0.4, 0.5) is 0 Å². The van der Waals surface area contributed by atoms with Crippen LogP contribution >= 0.6 is 27.3 Å². The number of sulfonamides is 1. The molecule has 0 aliphatic carbocycles. The average Bonchev–Trinajstić information content (AvgIpc) is 2.63. The summed E-state index contributed by atoms with van der Waals surface area (Å²) in [7, 11) is -3.36. The second-order valence-corrected chi connectivity index (χ2v) is 8.26. The SMILES string of the molecule is CCC(C)C(C)NS(=O)(=O)c1ccc(Br)s1. The molecule has 0 radical (unpaired) electrons. The third kappa shape index (κ3) is 3.55. The van der Waals surface area contributed by atoms with Gasteiger partial charge in [-0.05, 0) is 40.9 Å². The van der Waals surface area contributed by atoms with E-state index >= 15 is 0 Å². The van der Waals surface area contributed by atoms with Gasteiger partial charge in [0.2, 0.25) is 10.0 Å². The van der Waals surface area contributed by atoms with Crippen molar-refractivity contribution in [3.8, 4) is 0 Å². The maximum Gasteiger partial charge on any atom is 0.250 e. The number of rotatable bonds is 5. The first-order valence-electron chi connectivity index (χ1n) is 5.14. The molecule has 0 saturated carbocycles. The van der Waals surface area contributed by atoms with Crippen LogP contribution in [0.1, 0.15) is 27.2 Å². The van der Waals surface area contributed by atoms with Crippen LogP contribution in [-0.2, 0) is 10.0 Å². The standard InChI is InChI=1S/C10H16BrNO2S2/c1-4-7(2)8(3)12-16(13,14)10-6-5-9(11)15-10/h5-8,12H,4H2,1-3H3. The summed E-state index contributed by atoms with van der Waals surface area (Å²) in [6.45, 7) is 5.99. The minimum absolute atomic E-state index is 0.0455. The normalized spacial score (nSPS) is 16.0. The van der Waals surface area contributed by atoms with Crippen LogP contribution < -0.4 is 4.72 Å². The highest BCUT2D eigenvalue weighted by Gasteiger charge is 2.21. The van der Waals surface area contributed by atoms with Crippen LogP contribution in [0.5, 0.6) is 0 Å². The van der Waals surface area contributed by atoms with Gasteiger partial charge in [-0.2, -0.15) is 0 Å². The Bertz CT molecular complexity index is 441. The van der Waals surface area contributed by atoms with Crippen molar-refractivity contribution in [1.82, 2.24) is 4.72 Å². The molecule has 2 unspecified atom stereocenters. The maximum atomic E-state index is 12.0. The molecule has 0 saturated heterocycles. The molecular formula is C10H16BrNO2S2. The van der Waals surface area contributed by atoms with Crippen molar-refractivity contribution >= 4 is 37.3 Å². The van der Waals surface area contributed by atoms with Crippen molar-refractivity contribution in [1.29, 1.82) is 0 Å². The lowest BCUT2D eigenvalue weighted by atomic mass is 10.0. The minimum Gasteiger partial charge on any atom is -0.207 e. The lowest BCUT2D eigenvalue weighted by Gasteiger charge is -2.19. The molecule has 1 aromatic heterocycles. The Morgan fingerprint density at radius 2 is 2.06 bits per heavy atom. The number of thiophene rings is 1. The average molecular weight is 326 g/mol. The zero-order valence-corrected chi connectivity index (χ0v) is 12.7. The highest BCUT2D eigenvalue weighted by atomic mass is 79.9. The first-order valence-corrected chi connectivity index (χ1v) is 8.23. The van der Waals surface area contributed by atoms with Gasteiger partial charge in [-0.15, -0.1) is 11.3 Å². The van der Waals surface area contributed by atoms with E-state index < -0.39 is 10.0 Å². The molecule has 3 nitrogen and oxygen atoms in total. The molecule has 0 aromatic carbocycles. The van der Waals surface area contributed by atoms with E-state index in [1.165, 1.54) is 11.3 Å². The Hall–Kier alpha value is 0.0900. The van der Waals surface area contributed by atoms with Gasteiger partial charge < -0.3 is 0 Å². The van der Waals surface area contributed by atoms with E-state index in [2.05, 4.69) is 27.6 Å². The Labute approximate surface area is 109 Å². The van der Waals surface area contributed by atoms with Crippen molar-refractivity contribution in [3.05, 3.63) is 15.9 Å². The molecule has 0 aliphatic rings. The second kappa shape index (κ2) is 5.62. The Balaban J connectivity index is 2.80.